The van der Waals surface area contributed by atoms with Crippen molar-refractivity contribution >= 4 is 27.3 Å². The summed E-state index contributed by atoms with van der Waals surface area (Å²) in [4.78, 5) is 12.4. The number of rotatable bonds is 5. The fraction of sp³-hybridized carbons (Fsp3) is 0.235. The van der Waals surface area contributed by atoms with Gasteiger partial charge in [0.1, 0.15) is 0 Å². The Morgan fingerprint density at radius 1 is 1.17 bits per heavy atom. The van der Waals surface area contributed by atoms with Gasteiger partial charge in [0.2, 0.25) is 0 Å². The highest BCUT2D eigenvalue weighted by Crippen LogP contribution is 2.22. The molecule has 0 bridgehead atoms. The van der Waals surface area contributed by atoms with E-state index in [0.29, 0.717) is 16.1 Å². The third-order valence-electron chi connectivity index (χ3n) is 3.34. The lowest BCUT2D eigenvalue weighted by molar-refractivity contribution is 0.0940. The number of amides is 1. The van der Waals surface area contributed by atoms with Gasteiger partial charge in [-0.1, -0.05) is 41.9 Å². The van der Waals surface area contributed by atoms with Crippen LogP contribution in [0.5, 0.6) is 0 Å². The monoisotopic (exact) mass is 351 g/mol. The Hall–Kier alpha value is -1.85. The molecule has 0 fully saturated rings. The van der Waals surface area contributed by atoms with Gasteiger partial charge in [-0.2, -0.15) is 0 Å². The van der Waals surface area contributed by atoms with Crippen molar-refractivity contribution in [2.24, 2.45) is 0 Å². The van der Waals surface area contributed by atoms with Crippen LogP contribution in [0.2, 0.25) is 5.02 Å². The highest BCUT2D eigenvalue weighted by atomic mass is 35.5. The molecule has 1 atom stereocenters. The molecule has 0 aliphatic carbocycles. The van der Waals surface area contributed by atoms with Crippen molar-refractivity contribution < 1.29 is 13.2 Å². The van der Waals surface area contributed by atoms with Crippen molar-refractivity contribution in [2.45, 2.75) is 18.7 Å². The summed E-state index contributed by atoms with van der Waals surface area (Å²) in [5, 5.41) is 3.46. The first-order valence-electron chi connectivity index (χ1n) is 7.08. The molecule has 2 rings (SSSR count). The SMILES string of the molecule is C[C@@H](NC(=O)c1cccc(CS(C)(=O)=O)c1)c1ccccc1Cl. The summed E-state index contributed by atoms with van der Waals surface area (Å²) < 4.78 is 22.7. The van der Waals surface area contributed by atoms with Crippen LogP contribution in [-0.2, 0) is 15.6 Å². The average molecular weight is 352 g/mol. The van der Waals surface area contributed by atoms with Crippen LogP contribution >= 0.6 is 11.6 Å². The largest absolute Gasteiger partial charge is 0.345 e. The zero-order chi connectivity index (χ0) is 17.0. The third kappa shape index (κ3) is 5.08. The van der Waals surface area contributed by atoms with Gasteiger partial charge in [0.25, 0.3) is 5.91 Å². The topological polar surface area (TPSA) is 63.2 Å². The molecule has 122 valence electrons. The van der Waals surface area contributed by atoms with Gasteiger partial charge in [-0.15, -0.1) is 0 Å². The fourth-order valence-electron chi connectivity index (χ4n) is 2.29. The molecule has 2 aromatic carbocycles. The van der Waals surface area contributed by atoms with Crippen LogP contribution in [0.15, 0.2) is 48.5 Å². The molecule has 0 radical (unpaired) electrons. The van der Waals surface area contributed by atoms with Crippen molar-refractivity contribution in [2.75, 3.05) is 6.26 Å². The summed E-state index contributed by atoms with van der Waals surface area (Å²) in [5.41, 5.74) is 1.84. The molecule has 0 aliphatic heterocycles. The highest BCUT2D eigenvalue weighted by molar-refractivity contribution is 7.89. The van der Waals surface area contributed by atoms with Crippen molar-refractivity contribution in [1.29, 1.82) is 0 Å². The molecule has 0 saturated heterocycles. The van der Waals surface area contributed by atoms with Crippen LogP contribution in [0.3, 0.4) is 0 Å². The average Bonchev–Trinajstić information content (AvgIpc) is 2.46. The quantitative estimate of drug-likeness (QED) is 0.898. The minimum atomic E-state index is -3.14. The summed E-state index contributed by atoms with van der Waals surface area (Å²) in [6, 6.07) is 13.7. The minimum absolute atomic E-state index is 0.0891. The van der Waals surface area contributed by atoms with E-state index < -0.39 is 9.84 Å². The van der Waals surface area contributed by atoms with Gasteiger partial charge in [-0.25, -0.2) is 8.42 Å². The second-order valence-corrected chi connectivity index (χ2v) is 8.03. The standard InChI is InChI=1S/C17H18ClNO3S/c1-12(15-8-3-4-9-16(15)18)19-17(20)14-7-5-6-13(10-14)11-23(2,21)22/h3-10,12H,11H2,1-2H3,(H,19,20)/t12-/m1/s1. The molecule has 0 unspecified atom stereocenters. The molecule has 4 nitrogen and oxygen atoms in total. The van der Waals surface area contributed by atoms with Gasteiger partial charge in [0.15, 0.2) is 9.84 Å². The lowest BCUT2D eigenvalue weighted by Crippen LogP contribution is -2.26. The molecule has 1 amide bonds. The van der Waals surface area contributed by atoms with Gasteiger partial charge in [-0.3, -0.25) is 4.79 Å². The highest BCUT2D eigenvalue weighted by Gasteiger charge is 2.14. The van der Waals surface area contributed by atoms with E-state index >= 15 is 0 Å². The van der Waals surface area contributed by atoms with Gasteiger partial charge >= 0.3 is 0 Å². The van der Waals surface area contributed by atoms with E-state index in [9.17, 15) is 13.2 Å². The molecule has 0 heterocycles. The number of carbonyl (C=O) groups excluding carboxylic acids is 1. The number of benzene rings is 2. The maximum atomic E-state index is 12.4. The van der Waals surface area contributed by atoms with Crippen LogP contribution in [0.25, 0.3) is 0 Å². The smallest absolute Gasteiger partial charge is 0.251 e. The number of nitrogens with one attached hydrogen (secondary N) is 1. The Kier molecular flexibility index (Phi) is 5.44. The van der Waals surface area contributed by atoms with Gasteiger partial charge < -0.3 is 5.32 Å². The number of sulfone groups is 1. The second-order valence-electron chi connectivity index (χ2n) is 5.49. The maximum Gasteiger partial charge on any atom is 0.251 e. The van der Waals surface area contributed by atoms with E-state index in [2.05, 4.69) is 5.32 Å². The normalized spacial score (nSPS) is 12.7. The minimum Gasteiger partial charge on any atom is -0.345 e. The second kappa shape index (κ2) is 7.15. The van der Waals surface area contributed by atoms with E-state index in [4.69, 9.17) is 11.6 Å². The van der Waals surface area contributed by atoms with E-state index in [1.165, 1.54) is 6.26 Å². The molecule has 1 N–H and O–H groups in total. The van der Waals surface area contributed by atoms with E-state index in [1.807, 2.05) is 25.1 Å². The first-order valence-corrected chi connectivity index (χ1v) is 9.52. The van der Waals surface area contributed by atoms with Crippen molar-refractivity contribution in [1.82, 2.24) is 5.32 Å². The van der Waals surface area contributed by atoms with Gasteiger partial charge in [0, 0.05) is 16.8 Å². The Morgan fingerprint density at radius 3 is 2.52 bits per heavy atom. The summed E-state index contributed by atoms with van der Waals surface area (Å²) in [5.74, 6) is -0.360. The van der Waals surface area contributed by atoms with Gasteiger partial charge in [0.05, 0.1) is 11.8 Å². The number of hydrogen-bond acceptors (Lipinski definition) is 3. The van der Waals surface area contributed by atoms with Crippen LogP contribution in [-0.4, -0.2) is 20.6 Å². The number of halogens is 1. The fourth-order valence-corrected chi connectivity index (χ4v) is 3.37. The summed E-state index contributed by atoms with van der Waals surface area (Å²) in [6.45, 7) is 1.85. The molecule has 6 heteroatoms. The number of carbonyl (C=O) groups is 1. The van der Waals surface area contributed by atoms with Crippen molar-refractivity contribution in [3.05, 3.63) is 70.2 Å². The molecule has 0 aliphatic rings. The zero-order valence-corrected chi connectivity index (χ0v) is 14.5. The molecule has 0 saturated carbocycles. The molecule has 0 aromatic heterocycles. The predicted molar refractivity (Wildman–Crippen MR) is 92.3 cm³/mol. The Labute approximate surface area is 141 Å². The number of hydrogen-bond donors (Lipinski definition) is 1. The predicted octanol–water partition coefficient (Wildman–Crippen LogP) is 3.38. The first-order chi connectivity index (χ1) is 10.8. The van der Waals surface area contributed by atoms with Crippen LogP contribution in [0.1, 0.15) is 34.5 Å². The van der Waals surface area contributed by atoms with Crippen molar-refractivity contribution in [3.8, 4) is 0 Å². The summed E-state index contributed by atoms with van der Waals surface area (Å²) in [7, 11) is -3.14. The van der Waals surface area contributed by atoms with Crippen LogP contribution in [0.4, 0.5) is 0 Å². The third-order valence-corrected chi connectivity index (χ3v) is 4.54. The lowest BCUT2D eigenvalue weighted by atomic mass is 10.1. The van der Waals surface area contributed by atoms with E-state index in [1.54, 1.807) is 30.3 Å². The summed E-state index contributed by atoms with van der Waals surface area (Å²) >= 11 is 6.13. The molecular formula is C17H18ClNO3S. The molecular weight excluding hydrogens is 334 g/mol. The van der Waals surface area contributed by atoms with Crippen LogP contribution < -0.4 is 5.32 Å². The molecule has 2 aromatic rings. The molecule has 0 spiro atoms. The van der Waals surface area contributed by atoms with Crippen molar-refractivity contribution in [3.63, 3.8) is 0 Å². The van der Waals surface area contributed by atoms with Crippen LogP contribution in [0, 0.1) is 0 Å². The maximum absolute atomic E-state index is 12.4. The Morgan fingerprint density at radius 2 is 1.87 bits per heavy atom. The van der Waals surface area contributed by atoms with E-state index in [-0.39, 0.29) is 17.7 Å². The summed E-state index contributed by atoms with van der Waals surface area (Å²) in [6.07, 6.45) is 1.17. The molecule has 23 heavy (non-hydrogen) atoms. The Bertz CT molecular complexity index is 818. The van der Waals surface area contributed by atoms with Gasteiger partial charge in [-0.05, 0) is 36.2 Å². The Balaban J connectivity index is 2.15. The lowest BCUT2D eigenvalue weighted by Gasteiger charge is -2.16. The van der Waals surface area contributed by atoms with E-state index in [0.717, 1.165) is 5.56 Å². The zero-order valence-electron chi connectivity index (χ0n) is 12.9. The first kappa shape index (κ1) is 17.5.